The topological polar surface area (TPSA) is 38.0 Å². The number of hydrogen-bond donors (Lipinski definition) is 2. The maximum Gasteiger partial charge on any atom is 0.0270 e. The van der Waals surface area contributed by atoms with Gasteiger partial charge in [-0.3, -0.25) is 0 Å². The van der Waals surface area contributed by atoms with Crippen LogP contribution in [0.4, 0.5) is 0 Å². The maximum atomic E-state index is 5.61. The van der Waals surface area contributed by atoms with E-state index in [1.807, 2.05) is 6.08 Å². The Morgan fingerprint density at radius 2 is 2.06 bits per heavy atom. The van der Waals surface area contributed by atoms with Crippen molar-refractivity contribution in [3.05, 3.63) is 36.1 Å². The summed E-state index contributed by atoms with van der Waals surface area (Å²) in [6.45, 7) is 10.8. The minimum Gasteiger partial charge on any atom is -0.386 e. The number of rotatable bonds is 8. The van der Waals surface area contributed by atoms with E-state index < -0.39 is 0 Å². The lowest BCUT2D eigenvalue weighted by molar-refractivity contribution is 0.491. The van der Waals surface area contributed by atoms with Crippen LogP contribution in [-0.4, -0.2) is 12.6 Å². The molecule has 2 nitrogen and oxygen atoms in total. The maximum absolute atomic E-state index is 5.61. The highest BCUT2D eigenvalue weighted by Crippen LogP contribution is 2.07. The molecular weight excluding hydrogens is 196 g/mol. The fourth-order valence-electron chi connectivity index (χ4n) is 1.60. The summed E-state index contributed by atoms with van der Waals surface area (Å²) < 4.78 is 0. The molecule has 0 rings (SSSR count). The van der Waals surface area contributed by atoms with E-state index in [4.69, 9.17) is 5.73 Å². The van der Waals surface area contributed by atoms with Crippen LogP contribution in [0, 0.1) is 0 Å². The highest BCUT2D eigenvalue weighted by molar-refractivity contribution is 5.23. The van der Waals surface area contributed by atoms with E-state index in [9.17, 15) is 0 Å². The van der Waals surface area contributed by atoms with Crippen molar-refractivity contribution in [2.24, 2.45) is 5.73 Å². The van der Waals surface area contributed by atoms with Gasteiger partial charge in [-0.05, 0) is 38.8 Å². The smallest absolute Gasteiger partial charge is 0.0270 e. The molecule has 0 radical (unpaired) electrons. The minimum absolute atomic E-state index is 0.502. The van der Waals surface area contributed by atoms with E-state index >= 15 is 0 Å². The molecule has 1 atom stereocenters. The molecule has 0 aromatic carbocycles. The summed E-state index contributed by atoms with van der Waals surface area (Å²) in [5, 5.41) is 3.54. The van der Waals surface area contributed by atoms with Gasteiger partial charge >= 0.3 is 0 Å². The first-order chi connectivity index (χ1) is 7.65. The van der Waals surface area contributed by atoms with Crippen molar-refractivity contribution in [3.63, 3.8) is 0 Å². The zero-order valence-corrected chi connectivity index (χ0v) is 10.9. The Kier molecular flexibility index (Phi) is 8.64. The van der Waals surface area contributed by atoms with Crippen molar-refractivity contribution >= 4 is 0 Å². The van der Waals surface area contributed by atoms with Crippen LogP contribution in [0.2, 0.25) is 0 Å². The molecule has 0 aliphatic carbocycles. The highest BCUT2D eigenvalue weighted by atomic mass is 14.9. The molecule has 0 heterocycles. The van der Waals surface area contributed by atoms with Crippen LogP contribution in [0.25, 0.3) is 0 Å². The summed E-state index contributed by atoms with van der Waals surface area (Å²) >= 11 is 0. The molecular formula is C14H26N2. The van der Waals surface area contributed by atoms with E-state index in [1.165, 1.54) is 24.1 Å². The van der Waals surface area contributed by atoms with E-state index in [1.54, 1.807) is 6.08 Å². The van der Waals surface area contributed by atoms with Gasteiger partial charge in [0.15, 0.2) is 0 Å². The lowest BCUT2D eigenvalue weighted by Crippen LogP contribution is -2.30. The van der Waals surface area contributed by atoms with Crippen LogP contribution in [0.15, 0.2) is 36.1 Å². The Balaban J connectivity index is 4.40. The lowest BCUT2D eigenvalue weighted by atomic mass is 10.1. The second-order valence-corrected chi connectivity index (χ2v) is 4.11. The fourth-order valence-corrected chi connectivity index (χ4v) is 1.60. The molecule has 0 spiro atoms. The molecule has 0 aliphatic heterocycles. The monoisotopic (exact) mass is 222 g/mol. The summed E-state index contributed by atoms with van der Waals surface area (Å²) in [4.78, 5) is 0. The van der Waals surface area contributed by atoms with Gasteiger partial charge < -0.3 is 11.1 Å². The molecule has 0 aromatic rings. The first-order valence-corrected chi connectivity index (χ1v) is 6.08. The van der Waals surface area contributed by atoms with E-state index in [-0.39, 0.29) is 0 Å². The van der Waals surface area contributed by atoms with Gasteiger partial charge in [-0.15, -0.1) is 0 Å². The second kappa shape index (κ2) is 9.22. The van der Waals surface area contributed by atoms with Gasteiger partial charge in [-0.2, -0.15) is 0 Å². The van der Waals surface area contributed by atoms with Crippen LogP contribution >= 0.6 is 0 Å². The van der Waals surface area contributed by atoms with Crippen molar-refractivity contribution in [2.75, 3.05) is 6.54 Å². The van der Waals surface area contributed by atoms with Crippen LogP contribution in [0.1, 0.15) is 40.0 Å². The summed E-state index contributed by atoms with van der Waals surface area (Å²) in [6, 6.07) is 0.502. The average molecular weight is 222 g/mol. The van der Waals surface area contributed by atoms with Crippen molar-refractivity contribution in [1.82, 2.24) is 5.32 Å². The second-order valence-electron chi connectivity index (χ2n) is 4.11. The van der Waals surface area contributed by atoms with E-state index in [0.717, 1.165) is 13.0 Å². The molecule has 92 valence electrons. The minimum atomic E-state index is 0.502. The summed E-state index contributed by atoms with van der Waals surface area (Å²) in [5.74, 6) is 0. The normalized spacial score (nSPS) is 14.8. The van der Waals surface area contributed by atoms with Gasteiger partial charge in [0.1, 0.15) is 0 Å². The molecule has 0 aromatic heterocycles. The van der Waals surface area contributed by atoms with E-state index in [2.05, 4.69) is 38.7 Å². The molecule has 0 aliphatic rings. The molecule has 2 heteroatoms. The first kappa shape index (κ1) is 15.0. The number of hydrogen-bond acceptors (Lipinski definition) is 2. The zero-order valence-electron chi connectivity index (χ0n) is 10.9. The Morgan fingerprint density at radius 3 is 2.56 bits per heavy atom. The third-order valence-electron chi connectivity index (χ3n) is 2.65. The molecule has 0 amide bonds. The summed E-state index contributed by atoms with van der Waals surface area (Å²) in [6.07, 6.45) is 9.21. The molecule has 0 saturated heterocycles. The third-order valence-corrected chi connectivity index (χ3v) is 2.65. The van der Waals surface area contributed by atoms with Crippen molar-refractivity contribution in [2.45, 2.75) is 46.1 Å². The van der Waals surface area contributed by atoms with Gasteiger partial charge in [0, 0.05) is 11.7 Å². The van der Waals surface area contributed by atoms with Crippen LogP contribution in [-0.2, 0) is 0 Å². The Labute approximate surface area is 100 Å². The van der Waals surface area contributed by atoms with Gasteiger partial charge in [-0.25, -0.2) is 0 Å². The quantitative estimate of drug-likeness (QED) is 0.619. The average Bonchev–Trinajstić information content (AvgIpc) is 2.26. The van der Waals surface area contributed by atoms with Gasteiger partial charge in [0.25, 0.3) is 0 Å². The molecule has 0 fully saturated rings. The Morgan fingerprint density at radius 1 is 1.38 bits per heavy atom. The van der Waals surface area contributed by atoms with Crippen LogP contribution in [0.5, 0.6) is 0 Å². The van der Waals surface area contributed by atoms with Crippen LogP contribution < -0.4 is 11.1 Å². The number of nitrogens with two attached hydrogens (primary N) is 1. The molecule has 3 N–H and O–H groups in total. The first-order valence-electron chi connectivity index (χ1n) is 6.08. The number of nitrogens with one attached hydrogen (secondary N) is 1. The predicted octanol–water partition coefficient (Wildman–Crippen LogP) is 3.13. The SMILES string of the molecule is C=C/C=C\C(C)=C(/C)NC(CCC)CCN. The summed E-state index contributed by atoms with van der Waals surface area (Å²) in [7, 11) is 0. The largest absolute Gasteiger partial charge is 0.386 e. The van der Waals surface area contributed by atoms with Gasteiger partial charge in [0.2, 0.25) is 0 Å². The van der Waals surface area contributed by atoms with Crippen molar-refractivity contribution in [3.8, 4) is 0 Å². The van der Waals surface area contributed by atoms with Crippen molar-refractivity contribution < 1.29 is 0 Å². The Bertz CT molecular complexity index is 245. The standard InChI is InChI=1S/C14H26N2/c1-5-7-9-12(3)13(4)16-14(8-6-2)10-11-15/h5,7,9,14,16H,1,6,8,10-11,15H2,2-4H3/b9-7-,13-12+. The third kappa shape index (κ3) is 6.46. The fraction of sp³-hybridized carbons (Fsp3) is 0.571. The molecule has 0 bridgehead atoms. The van der Waals surface area contributed by atoms with Crippen LogP contribution in [0.3, 0.4) is 0 Å². The van der Waals surface area contributed by atoms with E-state index in [0.29, 0.717) is 6.04 Å². The molecule has 16 heavy (non-hydrogen) atoms. The Hall–Kier alpha value is -1.02. The van der Waals surface area contributed by atoms with Gasteiger partial charge in [-0.1, -0.05) is 38.2 Å². The highest BCUT2D eigenvalue weighted by Gasteiger charge is 2.06. The van der Waals surface area contributed by atoms with Gasteiger partial charge in [0.05, 0.1) is 0 Å². The summed E-state index contributed by atoms with van der Waals surface area (Å²) in [5.41, 5.74) is 8.08. The molecule has 1 unspecified atom stereocenters. The molecule has 0 saturated carbocycles. The zero-order chi connectivity index (χ0) is 12.4. The van der Waals surface area contributed by atoms with Crippen molar-refractivity contribution in [1.29, 1.82) is 0 Å². The predicted molar refractivity (Wildman–Crippen MR) is 73.2 cm³/mol. The lowest BCUT2D eigenvalue weighted by Gasteiger charge is -2.20. The number of allylic oxidation sites excluding steroid dienone is 5.